The third kappa shape index (κ3) is 3.63. The average Bonchev–Trinajstić information content (AvgIpc) is 2.62. The lowest BCUT2D eigenvalue weighted by molar-refractivity contribution is -0.137. The van der Waals surface area contributed by atoms with E-state index >= 15 is 0 Å². The van der Waals surface area contributed by atoms with E-state index in [0.29, 0.717) is 25.9 Å². The summed E-state index contributed by atoms with van der Waals surface area (Å²) in [6, 6.07) is 5.00. The molecule has 0 spiro atoms. The van der Waals surface area contributed by atoms with Crippen LogP contribution in [-0.2, 0) is 14.6 Å². The highest BCUT2D eigenvalue weighted by molar-refractivity contribution is 7.92. The Bertz CT molecular complexity index is 673. The van der Waals surface area contributed by atoms with Crippen LogP contribution in [-0.4, -0.2) is 37.6 Å². The number of likely N-dealkylation sites (tertiary alicyclic amines) is 1. The van der Waals surface area contributed by atoms with Gasteiger partial charge in [0.2, 0.25) is 5.91 Å². The molecular weight excluding hydrogens is 329 g/mol. The molecule has 1 saturated carbocycles. The van der Waals surface area contributed by atoms with Crippen molar-refractivity contribution in [2.24, 2.45) is 5.92 Å². The summed E-state index contributed by atoms with van der Waals surface area (Å²) in [5.41, 5.74) is 0. The molecule has 4 nitrogen and oxygen atoms in total. The van der Waals surface area contributed by atoms with Crippen LogP contribution in [0.3, 0.4) is 0 Å². The number of hydrogen-bond acceptors (Lipinski definition) is 3. The smallest absolute Gasteiger partial charge is 0.225 e. The van der Waals surface area contributed by atoms with E-state index in [1.54, 1.807) is 0 Å². The zero-order valence-electron chi connectivity index (χ0n) is 13.8. The van der Waals surface area contributed by atoms with Crippen molar-refractivity contribution < 1.29 is 17.6 Å². The SMILES string of the molecule is O=C(C1CCCCC1)N1CCC(S(=O)(=O)c2ccc(F)cc2)CC1. The number of hydrogen-bond donors (Lipinski definition) is 0. The van der Waals surface area contributed by atoms with Gasteiger partial charge in [-0.25, -0.2) is 12.8 Å². The van der Waals surface area contributed by atoms with Gasteiger partial charge >= 0.3 is 0 Å². The van der Waals surface area contributed by atoms with E-state index in [1.165, 1.54) is 30.7 Å². The molecule has 1 saturated heterocycles. The second kappa shape index (κ2) is 7.21. The molecule has 1 aromatic rings. The standard InChI is InChI=1S/C18H24FNO3S/c19-15-6-8-16(9-7-15)24(22,23)17-10-12-20(13-11-17)18(21)14-4-2-1-3-5-14/h6-9,14,17H,1-5,10-13H2. The van der Waals surface area contributed by atoms with Gasteiger partial charge in [0.25, 0.3) is 0 Å². The van der Waals surface area contributed by atoms with E-state index in [1.807, 2.05) is 4.90 Å². The summed E-state index contributed by atoms with van der Waals surface area (Å²) >= 11 is 0. The number of rotatable bonds is 3. The van der Waals surface area contributed by atoms with Crippen molar-refractivity contribution in [2.75, 3.05) is 13.1 Å². The third-order valence-corrected chi connectivity index (χ3v) is 7.57. The topological polar surface area (TPSA) is 54.5 Å². The molecule has 24 heavy (non-hydrogen) atoms. The van der Waals surface area contributed by atoms with Crippen LogP contribution in [0.15, 0.2) is 29.2 Å². The molecule has 1 aromatic carbocycles. The van der Waals surface area contributed by atoms with Gasteiger partial charge in [0.1, 0.15) is 5.82 Å². The summed E-state index contributed by atoms with van der Waals surface area (Å²) in [6.07, 6.45) is 6.29. The fourth-order valence-electron chi connectivity index (χ4n) is 3.81. The predicted octanol–water partition coefficient (Wildman–Crippen LogP) is 3.17. The Labute approximate surface area is 143 Å². The van der Waals surface area contributed by atoms with Crippen LogP contribution in [0.1, 0.15) is 44.9 Å². The van der Waals surface area contributed by atoms with Crippen LogP contribution >= 0.6 is 0 Å². The summed E-state index contributed by atoms with van der Waals surface area (Å²) in [6.45, 7) is 1.00. The fourth-order valence-corrected chi connectivity index (χ4v) is 5.54. The lowest BCUT2D eigenvalue weighted by Gasteiger charge is -2.35. The molecule has 0 bridgehead atoms. The molecule has 0 unspecified atom stereocenters. The first-order chi connectivity index (χ1) is 11.5. The van der Waals surface area contributed by atoms with Crippen LogP contribution < -0.4 is 0 Å². The van der Waals surface area contributed by atoms with Crippen LogP contribution in [0.25, 0.3) is 0 Å². The zero-order valence-corrected chi connectivity index (χ0v) is 14.6. The predicted molar refractivity (Wildman–Crippen MR) is 89.8 cm³/mol. The van der Waals surface area contributed by atoms with E-state index in [0.717, 1.165) is 25.7 Å². The van der Waals surface area contributed by atoms with Crippen LogP contribution in [0, 0.1) is 11.7 Å². The Morgan fingerprint density at radius 2 is 1.54 bits per heavy atom. The van der Waals surface area contributed by atoms with Crippen molar-refractivity contribution in [3.63, 3.8) is 0 Å². The lowest BCUT2D eigenvalue weighted by Crippen LogP contribution is -2.45. The summed E-state index contributed by atoms with van der Waals surface area (Å²) in [5, 5.41) is -0.488. The van der Waals surface area contributed by atoms with Gasteiger partial charge in [-0.05, 0) is 49.9 Å². The van der Waals surface area contributed by atoms with Gasteiger partial charge in [-0.15, -0.1) is 0 Å². The highest BCUT2D eigenvalue weighted by atomic mass is 32.2. The van der Waals surface area contributed by atoms with E-state index in [-0.39, 0.29) is 16.7 Å². The van der Waals surface area contributed by atoms with Crippen molar-refractivity contribution in [2.45, 2.75) is 55.1 Å². The molecule has 1 amide bonds. The molecule has 0 radical (unpaired) electrons. The van der Waals surface area contributed by atoms with Crippen LogP contribution in [0.5, 0.6) is 0 Å². The Hall–Kier alpha value is -1.43. The minimum atomic E-state index is -3.46. The van der Waals surface area contributed by atoms with Gasteiger partial charge in [0, 0.05) is 19.0 Å². The van der Waals surface area contributed by atoms with Gasteiger partial charge in [-0.3, -0.25) is 4.79 Å². The summed E-state index contributed by atoms with van der Waals surface area (Å²) in [5.74, 6) is -0.113. The largest absolute Gasteiger partial charge is 0.342 e. The van der Waals surface area contributed by atoms with Crippen molar-refractivity contribution in [3.05, 3.63) is 30.1 Å². The molecular formula is C18H24FNO3S. The molecule has 0 aromatic heterocycles. The van der Waals surface area contributed by atoms with Gasteiger partial charge in [-0.1, -0.05) is 19.3 Å². The molecule has 132 valence electrons. The fraction of sp³-hybridized carbons (Fsp3) is 0.611. The maximum absolute atomic E-state index is 13.0. The number of piperidine rings is 1. The van der Waals surface area contributed by atoms with Crippen molar-refractivity contribution >= 4 is 15.7 Å². The Morgan fingerprint density at radius 3 is 2.12 bits per heavy atom. The minimum Gasteiger partial charge on any atom is -0.342 e. The van der Waals surface area contributed by atoms with Crippen LogP contribution in [0.2, 0.25) is 0 Å². The van der Waals surface area contributed by atoms with E-state index < -0.39 is 20.9 Å². The van der Waals surface area contributed by atoms with Gasteiger partial charge in [-0.2, -0.15) is 0 Å². The molecule has 1 aliphatic heterocycles. The molecule has 0 atom stereocenters. The molecule has 2 fully saturated rings. The molecule has 3 rings (SSSR count). The summed E-state index contributed by atoms with van der Waals surface area (Å²) < 4.78 is 38.3. The Kier molecular flexibility index (Phi) is 5.23. The van der Waals surface area contributed by atoms with Gasteiger partial charge in [0.05, 0.1) is 10.1 Å². The van der Waals surface area contributed by atoms with Crippen molar-refractivity contribution in [1.82, 2.24) is 4.90 Å². The third-order valence-electron chi connectivity index (χ3n) is 5.29. The van der Waals surface area contributed by atoms with Crippen molar-refractivity contribution in [1.29, 1.82) is 0 Å². The lowest BCUT2D eigenvalue weighted by atomic mass is 9.88. The molecule has 6 heteroatoms. The van der Waals surface area contributed by atoms with Gasteiger partial charge in [0.15, 0.2) is 9.84 Å². The van der Waals surface area contributed by atoms with E-state index in [4.69, 9.17) is 0 Å². The highest BCUT2D eigenvalue weighted by Crippen LogP contribution is 2.29. The molecule has 2 aliphatic rings. The molecule has 1 heterocycles. The van der Waals surface area contributed by atoms with Gasteiger partial charge < -0.3 is 4.90 Å². The van der Waals surface area contributed by atoms with Crippen molar-refractivity contribution in [3.8, 4) is 0 Å². The first-order valence-corrected chi connectivity index (χ1v) is 10.3. The summed E-state index contributed by atoms with van der Waals surface area (Å²) in [4.78, 5) is 14.6. The second-order valence-electron chi connectivity index (χ2n) is 6.86. The maximum atomic E-state index is 13.0. The summed E-state index contributed by atoms with van der Waals surface area (Å²) in [7, 11) is -3.46. The number of amides is 1. The zero-order chi connectivity index (χ0) is 17.2. The number of carbonyl (C=O) groups is 1. The number of sulfone groups is 1. The van der Waals surface area contributed by atoms with E-state index in [9.17, 15) is 17.6 Å². The Morgan fingerprint density at radius 1 is 0.958 bits per heavy atom. The average molecular weight is 353 g/mol. The first kappa shape index (κ1) is 17.4. The molecule has 0 N–H and O–H groups in total. The highest BCUT2D eigenvalue weighted by Gasteiger charge is 2.34. The normalized spacial score (nSPS) is 21.0. The number of carbonyl (C=O) groups excluding carboxylic acids is 1. The minimum absolute atomic E-state index is 0.129. The maximum Gasteiger partial charge on any atom is 0.225 e. The second-order valence-corrected chi connectivity index (χ2v) is 9.09. The van der Waals surface area contributed by atoms with E-state index in [2.05, 4.69) is 0 Å². The monoisotopic (exact) mass is 353 g/mol. The number of benzene rings is 1. The number of nitrogens with zero attached hydrogens (tertiary/aromatic N) is 1. The first-order valence-electron chi connectivity index (χ1n) is 8.77. The number of halogens is 1. The quantitative estimate of drug-likeness (QED) is 0.784. The Balaban J connectivity index is 1.62. The molecule has 1 aliphatic carbocycles. The van der Waals surface area contributed by atoms with Crippen LogP contribution in [0.4, 0.5) is 4.39 Å².